The molecule has 0 radical (unpaired) electrons. The van der Waals surface area contributed by atoms with Crippen LogP contribution in [0, 0.1) is 6.92 Å². The Kier molecular flexibility index (Phi) is 6.33. The normalized spacial score (nSPS) is 28.5. The van der Waals surface area contributed by atoms with E-state index < -0.39 is 17.6 Å². The number of urea groups is 1. The maximum atomic E-state index is 12.9. The van der Waals surface area contributed by atoms with Crippen molar-refractivity contribution in [2.24, 2.45) is 0 Å². The molecule has 4 heterocycles. The molecule has 2 saturated heterocycles. The van der Waals surface area contributed by atoms with Gasteiger partial charge in [-0.1, -0.05) is 18.2 Å². The zero-order chi connectivity index (χ0) is 24.7. The fourth-order valence-corrected chi connectivity index (χ4v) is 6.96. The highest BCUT2D eigenvalue weighted by molar-refractivity contribution is 7.10. The van der Waals surface area contributed by atoms with Gasteiger partial charge in [-0.2, -0.15) is 0 Å². The molecule has 35 heavy (non-hydrogen) atoms. The van der Waals surface area contributed by atoms with E-state index in [0.29, 0.717) is 36.4 Å². The number of rotatable bonds is 6. The molecule has 0 spiro atoms. The number of hydrogen-bond donors (Lipinski definition) is 3. The van der Waals surface area contributed by atoms with Crippen LogP contribution in [0.1, 0.15) is 47.7 Å². The second-order valence-corrected chi connectivity index (χ2v) is 10.5. The van der Waals surface area contributed by atoms with E-state index in [-0.39, 0.29) is 18.1 Å². The first kappa shape index (κ1) is 23.8. The fourth-order valence-electron chi connectivity index (χ4n) is 5.98. The lowest BCUT2D eigenvalue weighted by Crippen LogP contribution is -2.53. The van der Waals surface area contributed by atoms with Gasteiger partial charge in [-0.25, -0.2) is 9.59 Å². The smallest absolute Gasteiger partial charge is 0.338 e. The molecule has 1 aromatic heterocycles. The van der Waals surface area contributed by atoms with Crippen LogP contribution in [0.25, 0.3) is 0 Å². The second-order valence-electron chi connectivity index (χ2n) is 9.58. The maximum absolute atomic E-state index is 12.9. The van der Waals surface area contributed by atoms with E-state index in [4.69, 9.17) is 9.47 Å². The van der Waals surface area contributed by atoms with Gasteiger partial charge < -0.3 is 25.2 Å². The molecule has 2 fully saturated rings. The van der Waals surface area contributed by atoms with E-state index in [0.717, 1.165) is 28.8 Å². The van der Waals surface area contributed by atoms with Crippen molar-refractivity contribution in [2.45, 2.75) is 56.3 Å². The third kappa shape index (κ3) is 4.22. The molecule has 3 N–H and O–H groups in total. The predicted molar refractivity (Wildman–Crippen MR) is 132 cm³/mol. The average molecular weight is 498 g/mol. The van der Waals surface area contributed by atoms with Crippen molar-refractivity contribution in [3.05, 3.63) is 63.0 Å². The van der Waals surface area contributed by atoms with Gasteiger partial charge in [-0.15, -0.1) is 11.3 Å². The highest BCUT2D eigenvalue weighted by Gasteiger charge is 2.50. The number of piperidine rings is 1. The summed E-state index contributed by atoms with van der Waals surface area (Å²) in [5.74, 6) is 0.235. The highest BCUT2D eigenvalue weighted by atomic mass is 32.1. The summed E-state index contributed by atoms with van der Waals surface area (Å²) < 4.78 is 10.7. The minimum Gasteiger partial charge on any atom is -0.496 e. The number of fused-ring (bicyclic) bond motifs is 2. The summed E-state index contributed by atoms with van der Waals surface area (Å²) in [6.45, 7) is 2.38. The van der Waals surface area contributed by atoms with Gasteiger partial charge in [0, 0.05) is 34.8 Å². The van der Waals surface area contributed by atoms with Crippen molar-refractivity contribution >= 4 is 23.3 Å². The molecule has 0 unspecified atom stereocenters. The summed E-state index contributed by atoms with van der Waals surface area (Å²) in [5, 5.41) is 19.5. The first-order valence-corrected chi connectivity index (χ1v) is 12.8. The van der Waals surface area contributed by atoms with Crippen LogP contribution in [0.4, 0.5) is 4.79 Å². The Morgan fingerprint density at radius 1 is 1.20 bits per heavy atom. The minimum atomic E-state index is -0.984. The van der Waals surface area contributed by atoms with Crippen LogP contribution in [0.3, 0.4) is 0 Å². The third-order valence-electron chi connectivity index (χ3n) is 7.59. The highest BCUT2D eigenvalue weighted by Crippen LogP contribution is 2.48. The Bertz CT molecular complexity index is 1160. The monoisotopic (exact) mass is 497 g/mol. The van der Waals surface area contributed by atoms with E-state index in [1.807, 2.05) is 42.6 Å². The van der Waals surface area contributed by atoms with Crippen LogP contribution in [0.15, 0.2) is 47.0 Å². The number of amides is 2. The van der Waals surface area contributed by atoms with Crippen LogP contribution >= 0.6 is 11.3 Å². The van der Waals surface area contributed by atoms with Crippen molar-refractivity contribution < 1.29 is 24.2 Å². The Labute approximate surface area is 208 Å². The van der Waals surface area contributed by atoms with Crippen LogP contribution in [-0.2, 0) is 15.1 Å². The van der Waals surface area contributed by atoms with Gasteiger partial charge in [-0.05, 0) is 55.7 Å². The molecule has 9 heteroatoms. The van der Waals surface area contributed by atoms with E-state index in [9.17, 15) is 14.7 Å². The number of para-hydroxylation sites is 1. The minimum absolute atomic E-state index is 0.115. The van der Waals surface area contributed by atoms with Gasteiger partial charge in [0.25, 0.3) is 0 Å². The van der Waals surface area contributed by atoms with Crippen molar-refractivity contribution in [3.8, 4) is 5.75 Å². The summed E-state index contributed by atoms with van der Waals surface area (Å²) in [7, 11) is 2.98. The standard InChI is InChI=1S/C26H31N3O5S/c1-15-10-11-35-23(15)22-21(24(30)34-3)19(27-25(31)28-22)14-29-16-8-9-17(29)13-26(32,12-16)18-6-4-5-7-20(18)33-2/h4-7,10-11,16-17,22,32H,8-9,12-14H2,1-3H3,(H2,27,28,31)/t16-,17-,22+/m0/s1. The van der Waals surface area contributed by atoms with Crippen molar-refractivity contribution in [1.82, 2.24) is 15.5 Å². The first-order chi connectivity index (χ1) is 16.8. The molecule has 5 rings (SSSR count). The Morgan fingerprint density at radius 2 is 1.91 bits per heavy atom. The Balaban J connectivity index is 1.46. The van der Waals surface area contributed by atoms with Crippen LogP contribution in [-0.4, -0.2) is 54.9 Å². The molecule has 8 nitrogen and oxygen atoms in total. The molecular weight excluding hydrogens is 466 g/mol. The van der Waals surface area contributed by atoms with Crippen LogP contribution < -0.4 is 15.4 Å². The van der Waals surface area contributed by atoms with Crippen LogP contribution in [0.2, 0.25) is 0 Å². The number of methoxy groups -OCH3 is 2. The Hall–Kier alpha value is -2.88. The number of carbonyl (C=O) groups is 2. The first-order valence-electron chi connectivity index (χ1n) is 11.9. The summed E-state index contributed by atoms with van der Waals surface area (Å²) >= 11 is 1.51. The summed E-state index contributed by atoms with van der Waals surface area (Å²) in [5.41, 5.74) is 1.85. The molecule has 2 amide bonds. The molecule has 3 aliphatic heterocycles. The topological polar surface area (TPSA) is 100 Å². The van der Waals surface area contributed by atoms with Gasteiger partial charge in [0.1, 0.15) is 5.75 Å². The van der Waals surface area contributed by atoms with Gasteiger partial charge in [0.05, 0.1) is 31.4 Å². The lowest BCUT2D eigenvalue weighted by atomic mass is 9.80. The number of thiophene rings is 1. The van der Waals surface area contributed by atoms with Crippen LogP contribution in [0.5, 0.6) is 5.75 Å². The van der Waals surface area contributed by atoms with E-state index in [1.54, 1.807) is 7.11 Å². The van der Waals surface area contributed by atoms with Gasteiger partial charge in [0.2, 0.25) is 0 Å². The van der Waals surface area contributed by atoms with Crippen molar-refractivity contribution in [1.29, 1.82) is 0 Å². The zero-order valence-electron chi connectivity index (χ0n) is 20.2. The average Bonchev–Trinajstić information content (AvgIpc) is 3.38. The molecule has 0 saturated carbocycles. The quantitative estimate of drug-likeness (QED) is 0.530. The third-order valence-corrected chi connectivity index (χ3v) is 8.67. The molecule has 2 bridgehead atoms. The SMILES string of the molecule is COC(=O)C1=C(CN2[C@H]3CC[C@H]2CC(O)(c2ccccc2OC)C3)NC(=O)N[C@H]1c1sccc1C. The van der Waals surface area contributed by atoms with E-state index >= 15 is 0 Å². The number of aryl methyl sites for hydroxylation is 1. The van der Waals surface area contributed by atoms with E-state index in [2.05, 4.69) is 15.5 Å². The number of nitrogens with one attached hydrogen (secondary N) is 2. The number of esters is 1. The molecule has 1 aromatic carbocycles. The number of carbonyl (C=O) groups excluding carboxylic acids is 2. The van der Waals surface area contributed by atoms with E-state index in [1.165, 1.54) is 18.4 Å². The zero-order valence-corrected chi connectivity index (χ0v) is 21.0. The predicted octanol–water partition coefficient (Wildman–Crippen LogP) is 3.36. The molecule has 2 aromatic rings. The number of benzene rings is 1. The molecular formula is C26H31N3O5S. The van der Waals surface area contributed by atoms with Gasteiger partial charge in [-0.3, -0.25) is 4.90 Å². The Morgan fingerprint density at radius 3 is 2.54 bits per heavy atom. The lowest BCUT2D eigenvalue weighted by Gasteiger charge is -2.45. The molecule has 3 aliphatic rings. The largest absolute Gasteiger partial charge is 0.496 e. The molecule has 0 aliphatic carbocycles. The number of ether oxygens (including phenoxy) is 2. The van der Waals surface area contributed by atoms with Gasteiger partial charge >= 0.3 is 12.0 Å². The molecule has 3 atom stereocenters. The maximum Gasteiger partial charge on any atom is 0.338 e. The fraction of sp³-hybridized carbons (Fsp3) is 0.462. The van der Waals surface area contributed by atoms with Crippen molar-refractivity contribution in [2.75, 3.05) is 20.8 Å². The van der Waals surface area contributed by atoms with Gasteiger partial charge in [0.15, 0.2) is 0 Å². The number of hydrogen-bond acceptors (Lipinski definition) is 7. The second kappa shape index (κ2) is 9.29. The summed E-state index contributed by atoms with van der Waals surface area (Å²) in [4.78, 5) is 28.8. The summed E-state index contributed by atoms with van der Waals surface area (Å²) in [6.07, 6.45) is 3.01. The van der Waals surface area contributed by atoms with Crippen molar-refractivity contribution in [3.63, 3.8) is 0 Å². The summed E-state index contributed by atoms with van der Waals surface area (Å²) in [6, 6.07) is 8.97. The molecule has 186 valence electrons. The number of nitrogens with zero attached hydrogens (tertiary/aromatic N) is 1. The lowest BCUT2D eigenvalue weighted by molar-refractivity contribution is -0.136. The number of aliphatic hydroxyl groups is 1.